The molecule has 0 bridgehead atoms. The summed E-state index contributed by atoms with van der Waals surface area (Å²) in [5, 5.41) is 2.43. The smallest absolute Gasteiger partial charge is 0.139 e. The van der Waals surface area contributed by atoms with Gasteiger partial charge in [0.2, 0.25) is 0 Å². The van der Waals surface area contributed by atoms with Crippen LogP contribution in [0.2, 0.25) is 0 Å². The van der Waals surface area contributed by atoms with Crippen molar-refractivity contribution >= 4 is 21.9 Å². The highest BCUT2D eigenvalue weighted by Gasteiger charge is 2.17. The Hall–Kier alpha value is -2.28. The molecule has 0 fully saturated rings. The van der Waals surface area contributed by atoms with E-state index in [9.17, 15) is 0 Å². The molecule has 0 radical (unpaired) electrons. The summed E-state index contributed by atoms with van der Waals surface area (Å²) in [6.07, 6.45) is 7.83. The van der Waals surface area contributed by atoms with E-state index in [1.54, 1.807) is 0 Å². The number of para-hydroxylation sites is 2. The molecule has 20 heavy (non-hydrogen) atoms. The quantitative estimate of drug-likeness (QED) is 0.557. The summed E-state index contributed by atoms with van der Waals surface area (Å²) in [6.45, 7) is 2.15. The highest BCUT2D eigenvalue weighted by molar-refractivity contribution is 6.05. The van der Waals surface area contributed by atoms with Crippen molar-refractivity contribution in [2.75, 3.05) is 0 Å². The Morgan fingerprint density at radius 2 is 1.85 bits per heavy atom. The molecule has 1 atom stereocenters. The van der Waals surface area contributed by atoms with Crippen LogP contribution in [0.3, 0.4) is 0 Å². The van der Waals surface area contributed by atoms with Crippen LogP contribution in [0.1, 0.15) is 24.8 Å². The molecule has 4 rings (SSSR count). The first-order chi connectivity index (χ1) is 9.83. The Balaban J connectivity index is 1.98. The standard InChI is InChI=1S/C19H16O/c1-13-6-4-7-14(12-13)15-9-5-10-17-16-8-2-3-11-18(16)20-19(15)17/h2-6,8-12,14H,7H2,1H3. The molecular weight excluding hydrogens is 244 g/mol. The second-order valence-corrected chi connectivity index (χ2v) is 5.48. The van der Waals surface area contributed by atoms with E-state index in [4.69, 9.17) is 4.42 Å². The Morgan fingerprint density at radius 3 is 2.75 bits per heavy atom. The Morgan fingerprint density at radius 1 is 1.00 bits per heavy atom. The van der Waals surface area contributed by atoms with E-state index < -0.39 is 0 Å². The van der Waals surface area contributed by atoms with Gasteiger partial charge >= 0.3 is 0 Å². The lowest BCUT2D eigenvalue weighted by molar-refractivity contribution is 0.657. The number of fused-ring (bicyclic) bond motifs is 3. The van der Waals surface area contributed by atoms with Crippen LogP contribution >= 0.6 is 0 Å². The van der Waals surface area contributed by atoms with Gasteiger partial charge in [-0.3, -0.25) is 0 Å². The zero-order valence-electron chi connectivity index (χ0n) is 11.5. The van der Waals surface area contributed by atoms with Gasteiger partial charge in [0, 0.05) is 22.3 Å². The highest BCUT2D eigenvalue weighted by Crippen LogP contribution is 2.36. The van der Waals surface area contributed by atoms with Crippen LogP contribution in [0.25, 0.3) is 21.9 Å². The predicted octanol–water partition coefficient (Wildman–Crippen LogP) is 5.58. The molecular formula is C19H16O. The lowest BCUT2D eigenvalue weighted by atomic mass is 9.89. The highest BCUT2D eigenvalue weighted by atomic mass is 16.3. The summed E-state index contributed by atoms with van der Waals surface area (Å²) in [6, 6.07) is 14.8. The fourth-order valence-electron chi connectivity index (χ4n) is 3.12. The molecule has 1 heteroatoms. The van der Waals surface area contributed by atoms with Crippen molar-refractivity contribution in [3.63, 3.8) is 0 Å². The van der Waals surface area contributed by atoms with Crippen LogP contribution in [0.5, 0.6) is 0 Å². The third-order valence-electron chi connectivity index (χ3n) is 4.07. The number of rotatable bonds is 1. The first-order valence-corrected chi connectivity index (χ1v) is 7.08. The second kappa shape index (κ2) is 4.38. The van der Waals surface area contributed by atoms with Gasteiger partial charge in [0.25, 0.3) is 0 Å². The molecule has 3 aromatic rings. The van der Waals surface area contributed by atoms with Crippen molar-refractivity contribution in [3.05, 3.63) is 71.8 Å². The minimum Gasteiger partial charge on any atom is -0.456 e. The molecule has 1 aromatic heterocycles. The molecule has 0 N–H and O–H groups in total. The van der Waals surface area contributed by atoms with E-state index in [1.807, 2.05) is 12.1 Å². The monoisotopic (exact) mass is 260 g/mol. The van der Waals surface area contributed by atoms with E-state index in [-0.39, 0.29) is 0 Å². The van der Waals surface area contributed by atoms with Gasteiger partial charge in [0.05, 0.1) is 0 Å². The van der Waals surface area contributed by atoms with Gasteiger partial charge in [0.1, 0.15) is 11.2 Å². The predicted molar refractivity (Wildman–Crippen MR) is 84.0 cm³/mol. The zero-order chi connectivity index (χ0) is 13.5. The maximum atomic E-state index is 6.12. The minimum atomic E-state index is 0.421. The lowest BCUT2D eigenvalue weighted by Crippen LogP contribution is -1.98. The summed E-state index contributed by atoms with van der Waals surface area (Å²) in [5.74, 6) is 0.421. The number of hydrogen-bond acceptors (Lipinski definition) is 1. The number of allylic oxidation sites excluding steroid dienone is 4. The van der Waals surface area contributed by atoms with Crippen molar-refractivity contribution < 1.29 is 4.42 Å². The van der Waals surface area contributed by atoms with E-state index in [2.05, 4.69) is 55.5 Å². The third kappa shape index (κ3) is 1.70. The molecule has 0 amide bonds. The van der Waals surface area contributed by atoms with Crippen molar-refractivity contribution in [1.82, 2.24) is 0 Å². The fourth-order valence-corrected chi connectivity index (χ4v) is 3.12. The summed E-state index contributed by atoms with van der Waals surface area (Å²) < 4.78 is 6.12. The van der Waals surface area contributed by atoms with Gasteiger partial charge in [0.15, 0.2) is 0 Å². The van der Waals surface area contributed by atoms with Gasteiger partial charge in [-0.05, 0) is 19.4 Å². The molecule has 0 saturated heterocycles. The van der Waals surface area contributed by atoms with Gasteiger partial charge in [-0.15, -0.1) is 0 Å². The van der Waals surface area contributed by atoms with Crippen LogP contribution in [-0.4, -0.2) is 0 Å². The largest absolute Gasteiger partial charge is 0.456 e. The fraction of sp³-hybridized carbons (Fsp3) is 0.158. The molecule has 1 unspecified atom stereocenters. The van der Waals surface area contributed by atoms with Gasteiger partial charge in [-0.1, -0.05) is 60.2 Å². The first-order valence-electron chi connectivity index (χ1n) is 7.08. The Kier molecular flexibility index (Phi) is 2.53. The second-order valence-electron chi connectivity index (χ2n) is 5.48. The first kappa shape index (κ1) is 11.5. The van der Waals surface area contributed by atoms with E-state index >= 15 is 0 Å². The lowest BCUT2D eigenvalue weighted by Gasteiger charge is -2.15. The zero-order valence-corrected chi connectivity index (χ0v) is 11.5. The number of hydrogen-bond donors (Lipinski definition) is 0. The SMILES string of the molecule is CC1=CC(c2cccc3c2oc2ccccc23)CC=C1. The Labute approximate surface area is 118 Å². The van der Waals surface area contributed by atoms with Gasteiger partial charge in [-0.25, -0.2) is 0 Å². The molecule has 1 aliphatic carbocycles. The number of benzene rings is 2. The third-order valence-corrected chi connectivity index (χ3v) is 4.07. The molecule has 0 saturated carbocycles. The van der Waals surface area contributed by atoms with Crippen LogP contribution in [0, 0.1) is 0 Å². The average Bonchev–Trinajstić information content (AvgIpc) is 2.86. The normalized spacial score (nSPS) is 18.6. The van der Waals surface area contributed by atoms with Crippen LogP contribution < -0.4 is 0 Å². The maximum Gasteiger partial charge on any atom is 0.139 e. The molecule has 1 aliphatic rings. The van der Waals surface area contributed by atoms with Crippen LogP contribution in [0.15, 0.2) is 70.7 Å². The number of furan rings is 1. The molecule has 0 aliphatic heterocycles. The van der Waals surface area contributed by atoms with Crippen LogP contribution in [-0.2, 0) is 0 Å². The van der Waals surface area contributed by atoms with E-state index in [1.165, 1.54) is 21.9 Å². The van der Waals surface area contributed by atoms with E-state index in [0.29, 0.717) is 5.92 Å². The summed E-state index contributed by atoms with van der Waals surface area (Å²) >= 11 is 0. The van der Waals surface area contributed by atoms with Crippen molar-refractivity contribution in [2.24, 2.45) is 0 Å². The maximum absolute atomic E-state index is 6.12. The van der Waals surface area contributed by atoms with Crippen LogP contribution in [0.4, 0.5) is 0 Å². The Bertz CT molecular complexity index is 848. The molecule has 2 aromatic carbocycles. The summed E-state index contributed by atoms with van der Waals surface area (Å²) in [5.41, 5.74) is 4.64. The molecule has 0 spiro atoms. The molecule has 98 valence electrons. The average molecular weight is 260 g/mol. The topological polar surface area (TPSA) is 13.1 Å². The molecule has 1 nitrogen and oxygen atoms in total. The van der Waals surface area contributed by atoms with Crippen molar-refractivity contribution in [1.29, 1.82) is 0 Å². The van der Waals surface area contributed by atoms with E-state index in [0.717, 1.165) is 17.6 Å². The summed E-state index contributed by atoms with van der Waals surface area (Å²) in [7, 11) is 0. The van der Waals surface area contributed by atoms with Crippen molar-refractivity contribution in [3.8, 4) is 0 Å². The summed E-state index contributed by atoms with van der Waals surface area (Å²) in [4.78, 5) is 0. The molecule has 1 heterocycles. The minimum absolute atomic E-state index is 0.421. The van der Waals surface area contributed by atoms with Gasteiger partial charge in [-0.2, -0.15) is 0 Å². The van der Waals surface area contributed by atoms with Crippen molar-refractivity contribution in [2.45, 2.75) is 19.3 Å². The van der Waals surface area contributed by atoms with Gasteiger partial charge < -0.3 is 4.42 Å².